The Balaban J connectivity index is 1.67. The molecular weight excluding hydrogens is 262 g/mol. The molecule has 0 amide bonds. The van der Waals surface area contributed by atoms with Crippen molar-refractivity contribution in [2.45, 2.75) is 25.3 Å². The number of imidazole rings is 1. The number of rotatable bonds is 2. The molecular formula is C16H17N5. The van der Waals surface area contributed by atoms with Crippen molar-refractivity contribution in [1.29, 1.82) is 0 Å². The Morgan fingerprint density at radius 1 is 1.14 bits per heavy atom. The number of benzene rings is 1. The second-order valence-electron chi connectivity index (χ2n) is 5.57. The molecule has 0 spiro atoms. The molecule has 1 unspecified atom stereocenters. The van der Waals surface area contributed by atoms with Crippen molar-refractivity contribution < 1.29 is 0 Å². The van der Waals surface area contributed by atoms with E-state index in [4.69, 9.17) is 0 Å². The Kier molecular flexibility index (Phi) is 2.84. The van der Waals surface area contributed by atoms with Gasteiger partial charge in [-0.2, -0.15) is 0 Å². The summed E-state index contributed by atoms with van der Waals surface area (Å²) in [4.78, 5) is 18.3. The molecule has 1 N–H and O–H groups in total. The summed E-state index contributed by atoms with van der Waals surface area (Å²) in [6.07, 6.45) is 6.60. The normalized spacial score (nSPS) is 17.7. The van der Waals surface area contributed by atoms with Crippen molar-refractivity contribution in [2.24, 2.45) is 0 Å². The molecule has 21 heavy (non-hydrogen) atoms. The van der Waals surface area contributed by atoms with E-state index >= 15 is 0 Å². The number of anilines is 1. The predicted molar refractivity (Wildman–Crippen MR) is 82.3 cm³/mol. The molecule has 5 nitrogen and oxygen atoms in total. The number of aromatic amines is 1. The van der Waals surface area contributed by atoms with Crippen molar-refractivity contribution in [3.05, 3.63) is 48.0 Å². The van der Waals surface area contributed by atoms with E-state index in [0.29, 0.717) is 6.04 Å². The maximum absolute atomic E-state index is 4.45. The highest BCUT2D eigenvalue weighted by Gasteiger charge is 2.24. The molecule has 0 fully saturated rings. The number of H-pyrrole nitrogens is 1. The van der Waals surface area contributed by atoms with Crippen molar-refractivity contribution in [3.8, 4) is 0 Å². The minimum Gasteiger partial charge on any atom is -0.354 e. The first kappa shape index (κ1) is 12.3. The lowest BCUT2D eigenvalue weighted by atomic mass is 9.87. The molecule has 0 radical (unpaired) electrons. The average molecular weight is 279 g/mol. The molecule has 1 aliphatic rings. The third-order valence-corrected chi connectivity index (χ3v) is 4.41. The van der Waals surface area contributed by atoms with Crippen LogP contribution in [0.4, 0.5) is 5.82 Å². The van der Waals surface area contributed by atoms with Gasteiger partial charge in [0.25, 0.3) is 0 Å². The third-order valence-electron chi connectivity index (χ3n) is 4.41. The highest BCUT2D eigenvalue weighted by Crippen LogP contribution is 2.28. The van der Waals surface area contributed by atoms with Crippen molar-refractivity contribution in [1.82, 2.24) is 19.9 Å². The third kappa shape index (κ3) is 2.05. The molecule has 5 heteroatoms. The Morgan fingerprint density at radius 2 is 2.00 bits per heavy atom. The lowest BCUT2D eigenvalue weighted by Crippen LogP contribution is -2.37. The van der Waals surface area contributed by atoms with Crippen LogP contribution in [-0.4, -0.2) is 33.0 Å². The van der Waals surface area contributed by atoms with Crippen LogP contribution in [0.15, 0.2) is 36.9 Å². The quantitative estimate of drug-likeness (QED) is 0.782. The molecule has 106 valence electrons. The van der Waals surface area contributed by atoms with Gasteiger partial charge in [0, 0.05) is 13.1 Å². The zero-order valence-electron chi connectivity index (χ0n) is 12.0. The summed E-state index contributed by atoms with van der Waals surface area (Å²) in [5, 5.41) is 0. The number of aryl methyl sites for hydroxylation is 1. The highest BCUT2D eigenvalue weighted by atomic mass is 15.2. The monoisotopic (exact) mass is 279 g/mol. The summed E-state index contributed by atoms with van der Waals surface area (Å²) in [6.45, 7) is 0. The first-order valence-electron chi connectivity index (χ1n) is 7.26. The van der Waals surface area contributed by atoms with Gasteiger partial charge in [0.1, 0.15) is 11.8 Å². The first-order valence-corrected chi connectivity index (χ1v) is 7.26. The van der Waals surface area contributed by atoms with Crippen LogP contribution >= 0.6 is 0 Å². The van der Waals surface area contributed by atoms with E-state index in [0.717, 1.165) is 36.2 Å². The number of likely N-dealkylation sites (N-methyl/N-ethyl adjacent to an activating group) is 1. The fourth-order valence-electron chi connectivity index (χ4n) is 3.20. The Hall–Kier alpha value is -2.43. The zero-order valence-corrected chi connectivity index (χ0v) is 12.0. The number of hydrogen-bond donors (Lipinski definition) is 1. The van der Waals surface area contributed by atoms with Gasteiger partial charge in [-0.15, -0.1) is 0 Å². The fourth-order valence-corrected chi connectivity index (χ4v) is 3.20. The molecule has 4 rings (SSSR count). The minimum absolute atomic E-state index is 0.460. The Labute approximate surface area is 123 Å². The van der Waals surface area contributed by atoms with Crippen LogP contribution in [0, 0.1) is 0 Å². The lowest BCUT2D eigenvalue weighted by Gasteiger charge is -2.33. The topological polar surface area (TPSA) is 57.7 Å². The Bertz CT molecular complexity index is 779. The smallest absolute Gasteiger partial charge is 0.182 e. The van der Waals surface area contributed by atoms with Gasteiger partial charge >= 0.3 is 0 Å². The summed E-state index contributed by atoms with van der Waals surface area (Å²) in [6, 6.07) is 9.19. The van der Waals surface area contributed by atoms with Crippen LogP contribution in [0.2, 0.25) is 0 Å². The minimum atomic E-state index is 0.460. The Morgan fingerprint density at radius 3 is 2.90 bits per heavy atom. The molecule has 3 aromatic rings. The van der Waals surface area contributed by atoms with Gasteiger partial charge in [-0.3, -0.25) is 0 Å². The molecule has 1 atom stereocenters. The van der Waals surface area contributed by atoms with Crippen LogP contribution in [0.1, 0.15) is 17.5 Å². The highest BCUT2D eigenvalue weighted by molar-refractivity contribution is 5.82. The van der Waals surface area contributed by atoms with Crippen molar-refractivity contribution >= 4 is 17.0 Å². The van der Waals surface area contributed by atoms with Gasteiger partial charge in [-0.1, -0.05) is 24.3 Å². The maximum Gasteiger partial charge on any atom is 0.182 e. The van der Waals surface area contributed by atoms with Crippen molar-refractivity contribution in [3.63, 3.8) is 0 Å². The van der Waals surface area contributed by atoms with Gasteiger partial charge in [-0.05, 0) is 30.4 Å². The zero-order chi connectivity index (χ0) is 14.2. The van der Waals surface area contributed by atoms with Crippen LogP contribution in [0.5, 0.6) is 0 Å². The van der Waals surface area contributed by atoms with Gasteiger partial charge in [-0.25, -0.2) is 15.0 Å². The molecule has 1 aliphatic carbocycles. The second kappa shape index (κ2) is 4.84. The summed E-state index contributed by atoms with van der Waals surface area (Å²) in [7, 11) is 2.11. The van der Waals surface area contributed by atoms with Gasteiger partial charge < -0.3 is 9.88 Å². The average Bonchev–Trinajstić information content (AvgIpc) is 3.02. The van der Waals surface area contributed by atoms with E-state index in [9.17, 15) is 0 Å². The first-order chi connectivity index (χ1) is 10.3. The van der Waals surface area contributed by atoms with E-state index in [1.54, 1.807) is 12.7 Å². The number of aromatic nitrogens is 4. The summed E-state index contributed by atoms with van der Waals surface area (Å²) in [5.74, 6) is 0.932. The van der Waals surface area contributed by atoms with E-state index < -0.39 is 0 Å². The van der Waals surface area contributed by atoms with E-state index in [1.807, 2.05) is 0 Å². The molecule has 0 saturated carbocycles. The molecule has 2 aromatic heterocycles. The molecule has 1 aromatic carbocycles. The van der Waals surface area contributed by atoms with Gasteiger partial charge in [0.2, 0.25) is 0 Å². The SMILES string of the molecule is CN(c1ncnc2nc[nH]c12)C1CCc2ccccc2C1. The summed E-state index contributed by atoms with van der Waals surface area (Å²) in [5.41, 5.74) is 4.58. The standard InChI is InChI=1S/C16H17N5/c1-21(16-14-15(18-9-17-14)19-10-20-16)13-7-6-11-4-2-3-5-12(11)8-13/h2-5,9-10,13H,6-8H2,1H3,(H,17,18,19,20). The summed E-state index contributed by atoms with van der Waals surface area (Å²) < 4.78 is 0. The molecule has 0 saturated heterocycles. The number of nitrogens with zero attached hydrogens (tertiary/aromatic N) is 4. The van der Waals surface area contributed by atoms with Crippen LogP contribution in [0.25, 0.3) is 11.2 Å². The van der Waals surface area contributed by atoms with Gasteiger partial charge in [0.15, 0.2) is 11.5 Å². The molecule has 2 heterocycles. The van der Waals surface area contributed by atoms with E-state index in [1.165, 1.54) is 11.1 Å². The summed E-state index contributed by atoms with van der Waals surface area (Å²) >= 11 is 0. The maximum atomic E-state index is 4.45. The van der Waals surface area contributed by atoms with E-state index in [-0.39, 0.29) is 0 Å². The fraction of sp³-hybridized carbons (Fsp3) is 0.312. The van der Waals surface area contributed by atoms with Crippen LogP contribution in [0.3, 0.4) is 0 Å². The van der Waals surface area contributed by atoms with Crippen LogP contribution < -0.4 is 4.90 Å². The van der Waals surface area contributed by atoms with E-state index in [2.05, 4.69) is 56.1 Å². The number of hydrogen-bond acceptors (Lipinski definition) is 4. The second-order valence-corrected chi connectivity index (χ2v) is 5.57. The lowest BCUT2D eigenvalue weighted by molar-refractivity contribution is 0.545. The van der Waals surface area contributed by atoms with Gasteiger partial charge in [0.05, 0.1) is 6.33 Å². The number of nitrogens with one attached hydrogen (secondary N) is 1. The van der Waals surface area contributed by atoms with Crippen molar-refractivity contribution in [2.75, 3.05) is 11.9 Å². The number of fused-ring (bicyclic) bond motifs is 2. The largest absolute Gasteiger partial charge is 0.354 e. The molecule has 0 aliphatic heterocycles. The molecule has 0 bridgehead atoms. The predicted octanol–water partition coefficient (Wildman–Crippen LogP) is 2.35. The van der Waals surface area contributed by atoms with Crippen LogP contribution in [-0.2, 0) is 12.8 Å².